The number of amides is 2. The van der Waals surface area contributed by atoms with Gasteiger partial charge in [-0.2, -0.15) is 0 Å². The zero-order valence-electron chi connectivity index (χ0n) is 20.1. The number of likely N-dealkylation sites (N-methyl/N-ethyl adjacent to an activating group) is 1. The molecule has 0 spiro atoms. The van der Waals surface area contributed by atoms with E-state index in [0.717, 1.165) is 17.0 Å². The van der Waals surface area contributed by atoms with Gasteiger partial charge in [0.2, 0.25) is 0 Å². The Morgan fingerprint density at radius 3 is 2.21 bits per heavy atom. The Labute approximate surface area is 201 Å². The summed E-state index contributed by atoms with van der Waals surface area (Å²) in [6.45, 7) is 9.27. The largest absolute Gasteiger partial charge is 0.493 e. The van der Waals surface area contributed by atoms with Crippen molar-refractivity contribution in [1.82, 2.24) is 0 Å². The van der Waals surface area contributed by atoms with E-state index < -0.39 is 0 Å². The third kappa shape index (κ3) is 4.60. The number of anilines is 2. The third-order valence-corrected chi connectivity index (χ3v) is 5.70. The quantitative estimate of drug-likeness (QED) is 0.401. The molecule has 0 aliphatic carbocycles. The summed E-state index contributed by atoms with van der Waals surface area (Å²) in [4.78, 5) is 30.8. The lowest BCUT2D eigenvalue weighted by Gasteiger charge is -2.25. The van der Waals surface area contributed by atoms with Gasteiger partial charge in [-0.1, -0.05) is 56.3 Å². The fourth-order valence-electron chi connectivity index (χ4n) is 4.09. The molecule has 3 aromatic rings. The van der Waals surface area contributed by atoms with E-state index in [1.165, 1.54) is 4.90 Å². The molecule has 4 rings (SSSR count). The molecule has 0 aromatic heterocycles. The first-order valence-corrected chi connectivity index (χ1v) is 11.7. The van der Waals surface area contributed by atoms with E-state index in [9.17, 15) is 9.59 Å². The molecule has 0 unspecified atom stereocenters. The van der Waals surface area contributed by atoms with Crippen molar-refractivity contribution in [2.45, 2.75) is 27.7 Å². The fraction of sp³-hybridized carbons (Fsp3) is 0.241. The van der Waals surface area contributed by atoms with Gasteiger partial charge in [-0.05, 0) is 67.3 Å². The number of carbonyl (C=O) groups is 2. The van der Waals surface area contributed by atoms with Crippen molar-refractivity contribution in [3.63, 3.8) is 0 Å². The van der Waals surface area contributed by atoms with Gasteiger partial charge in [0, 0.05) is 12.2 Å². The van der Waals surface area contributed by atoms with Crippen LogP contribution in [0.4, 0.5) is 11.4 Å². The highest BCUT2D eigenvalue weighted by atomic mass is 16.5. The highest BCUT2D eigenvalue weighted by Crippen LogP contribution is 2.37. The summed E-state index contributed by atoms with van der Waals surface area (Å²) < 4.78 is 5.81. The predicted octanol–water partition coefficient (Wildman–Crippen LogP) is 5.84. The molecule has 0 bridgehead atoms. The van der Waals surface area contributed by atoms with Gasteiger partial charge in [0.25, 0.3) is 11.8 Å². The lowest BCUT2D eigenvalue weighted by atomic mass is 10.0. The minimum absolute atomic E-state index is 0.323. The van der Waals surface area contributed by atoms with E-state index in [1.54, 1.807) is 6.07 Å². The van der Waals surface area contributed by atoms with Gasteiger partial charge < -0.3 is 9.64 Å². The van der Waals surface area contributed by atoms with Crippen LogP contribution in [0.3, 0.4) is 0 Å². The topological polar surface area (TPSA) is 49.9 Å². The van der Waals surface area contributed by atoms with E-state index in [4.69, 9.17) is 4.74 Å². The van der Waals surface area contributed by atoms with Crippen LogP contribution in [-0.4, -0.2) is 25.0 Å². The lowest BCUT2D eigenvalue weighted by Crippen LogP contribution is -2.35. The van der Waals surface area contributed by atoms with Crippen LogP contribution >= 0.6 is 0 Å². The summed E-state index contributed by atoms with van der Waals surface area (Å²) in [7, 11) is 0. The van der Waals surface area contributed by atoms with Gasteiger partial charge in [-0.15, -0.1) is 0 Å². The molecule has 0 saturated carbocycles. The molecular weight excluding hydrogens is 424 g/mol. The Kier molecular flexibility index (Phi) is 6.82. The first kappa shape index (κ1) is 23.3. The average molecular weight is 455 g/mol. The molecule has 0 N–H and O–H groups in total. The van der Waals surface area contributed by atoms with Crippen LogP contribution in [0.15, 0.2) is 84.6 Å². The monoisotopic (exact) mass is 454 g/mol. The highest BCUT2D eigenvalue weighted by Gasteiger charge is 2.42. The van der Waals surface area contributed by atoms with Gasteiger partial charge in [0.15, 0.2) is 0 Å². The van der Waals surface area contributed by atoms with Crippen molar-refractivity contribution in [3.05, 3.63) is 95.7 Å². The molecule has 3 aromatic carbocycles. The van der Waals surface area contributed by atoms with Crippen molar-refractivity contribution < 1.29 is 14.3 Å². The molecule has 5 heteroatoms. The van der Waals surface area contributed by atoms with Gasteiger partial charge in [-0.3, -0.25) is 9.59 Å². The molecule has 5 nitrogen and oxygen atoms in total. The van der Waals surface area contributed by atoms with Crippen LogP contribution in [0.2, 0.25) is 0 Å². The second kappa shape index (κ2) is 9.96. The normalized spacial score (nSPS) is 13.7. The van der Waals surface area contributed by atoms with Crippen molar-refractivity contribution >= 4 is 28.8 Å². The van der Waals surface area contributed by atoms with Crippen molar-refractivity contribution in [1.29, 1.82) is 0 Å². The standard InChI is InChI=1S/C29H30N2O3/c1-5-30(23-11-7-6-8-12-23)27-26(22-14-16-25(17-15-22)34-19-20(2)3)28(32)31(29(27)33)24-13-9-10-21(4)18-24/h6-18,20H,5,19H2,1-4H3. The molecule has 1 heterocycles. The first-order chi connectivity index (χ1) is 16.4. The zero-order chi connectivity index (χ0) is 24.2. The Hall–Kier alpha value is -3.86. The maximum atomic E-state index is 13.8. The van der Waals surface area contributed by atoms with Crippen LogP contribution in [0, 0.1) is 12.8 Å². The summed E-state index contributed by atoms with van der Waals surface area (Å²) in [5.74, 6) is 0.504. The second-order valence-electron chi connectivity index (χ2n) is 8.82. The maximum absolute atomic E-state index is 13.8. The number of hydrogen-bond acceptors (Lipinski definition) is 4. The smallest absolute Gasteiger partial charge is 0.282 e. The molecule has 174 valence electrons. The van der Waals surface area contributed by atoms with Gasteiger partial charge in [-0.25, -0.2) is 4.90 Å². The number of benzene rings is 3. The van der Waals surface area contributed by atoms with Gasteiger partial charge in [0.05, 0.1) is 17.9 Å². The summed E-state index contributed by atoms with van der Waals surface area (Å²) in [5.41, 5.74) is 3.89. The summed E-state index contributed by atoms with van der Waals surface area (Å²) in [5, 5.41) is 0. The van der Waals surface area contributed by atoms with Crippen molar-refractivity contribution in [2.24, 2.45) is 5.92 Å². The number of ether oxygens (including phenoxy) is 1. The molecule has 0 saturated heterocycles. The lowest BCUT2D eigenvalue weighted by molar-refractivity contribution is -0.120. The summed E-state index contributed by atoms with van der Waals surface area (Å²) in [6, 6.07) is 24.6. The van der Waals surface area contributed by atoms with E-state index in [1.807, 2.05) is 91.5 Å². The molecule has 2 amide bonds. The summed E-state index contributed by atoms with van der Waals surface area (Å²) >= 11 is 0. The molecule has 0 atom stereocenters. The number of carbonyl (C=O) groups excluding carboxylic acids is 2. The molecule has 1 aliphatic rings. The molecule has 34 heavy (non-hydrogen) atoms. The minimum atomic E-state index is -0.323. The van der Waals surface area contributed by atoms with Gasteiger partial charge in [0.1, 0.15) is 11.4 Å². The first-order valence-electron chi connectivity index (χ1n) is 11.7. The maximum Gasteiger partial charge on any atom is 0.282 e. The number of rotatable bonds is 8. The van der Waals surface area contributed by atoms with E-state index in [2.05, 4.69) is 13.8 Å². The fourth-order valence-corrected chi connectivity index (χ4v) is 4.09. The molecule has 0 fully saturated rings. The van der Waals surface area contributed by atoms with Crippen molar-refractivity contribution in [3.8, 4) is 5.75 Å². The van der Waals surface area contributed by atoms with E-state index in [0.29, 0.717) is 41.6 Å². The zero-order valence-corrected chi connectivity index (χ0v) is 20.1. The molecular formula is C29H30N2O3. The Morgan fingerprint density at radius 2 is 1.59 bits per heavy atom. The van der Waals surface area contributed by atoms with Crippen LogP contribution in [0.5, 0.6) is 5.75 Å². The Bertz CT molecular complexity index is 1210. The number of nitrogens with zero attached hydrogens (tertiary/aromatic N) is 2. The molecule has 1 aliphatic heterocycles. The van der Waals surface area contributed by atoms with E-state index >= 15 is 0 Å². The van der Waals surface area contributed by atoms with Gasteiger partial charge >= 0.3 is 0 Å². The van der Waals surface area contributed by atoms with Crippen LogP contribution < -0.4 is 14.5 Å². The van der Waals surface area contributed by atoms with Crippen LogP contribution in [0.25, 0.3) is 5.57 Å². The number of aryl methyl sites for hydroxylation is 1. The van der Waals surface area contributed by atoms with Crippen LogP contribution in [0.1, 0.15) is 31.9 Å². The summed E-state index contributed by atoms with van der Waals surface area (Å²) in [6.07, 6.45) is 0. The SMILES string of the molecule is CCN(C1=C(c2ccc(OCC(C)C)cc2)C(=O)N(c2cccc(C)c2)C1=O)c1ccccc1. The number of hydrogen-bond donors (Lipinski definition) is 0. The number of imide groups is 1. The molecule has 0 radical (unpaired) electrons. The Morgan fingerprint density at radius 1 is 0.882 bits per heavy atom. The third-order valence-electron chi connectivity index (χ3n) is 5.70. The Balaban J connectivity index is 1.82. The number of para-hydroxylation sites is 1. The van der Waals surface area contributed by atoms with Crippen molar-refractivity contribution in [2.75, 3.05) is 23.0 Å². The second-order valence-corrected chi connectivity index (χ2v) is 8.82. The van der Waals surface area contributed by atoms with E-state index in [-0.39, 0.29) is 11.8 Å². The minimum Gasteiger partial charge on any atom is -0.493 e. The predicted molar refractivity (Wildman–Crippen MR) is 137 cm³/mol. The average Bonchev–Trinajstić information content (AvgIpc) is 3.09. The highest BCUT2D eigenvalue weighted by molar-refractivity contribution is 6.46. The van der Waals surface area contributed by atoms with Crippen LogP contribution in [-0.2, 0) is 9.59 Å².